The van der Waals surface area contributed by atoms with E-state index in [1.165, 1.54) is 12.2 Å². The van der Waals surface area contributed by atoms with E-state index in [0.717, 1.165) is 144 Å². The Kier molecular flexibility index (Phi) is 56.0. The molecule has 0 rings (SSSR count). The van der Waals surface area contributed by atoms with Gasteiger partial charge in [0.25, 0.3) is 0 Å². The summed E-state index contributed by atoms with van der Waals surface area (Å²) in [6.07, 6.45) is 17.0. The van der Waals surface area contributed by atoms with E-state index < -0.39 is 96.1 Å². The number of hydrogen-bond acceptors (Lipinski definition) is 22. The van der Waals surface area contributed by atoms with E-state index in [4.69, 9.17) is 62.0 Å². The molecule has 0 radical (unpaired) electrons. The van der Waals surface area contributed by atoms with Gasteiger partial charge in [0, 0.05) is 70.9 Å². The fourth-order valence-electron chi connectivity index (χ4n) is 12.4. The van der Waals surface area contributed by atoms with Crippen LogP contribution in [0.1, 0.15) is 166 Å². The van der Waals surface area contributed by atoms with Gasteiger partial charge in [0.15, 0.2) is 49.9 Å². The van der Waals surface area contributed by atoms with E-state index in [-0.39, 0.29) is 46.8 Å². The number of ether oxygens (including phenoxy) is 7. The first-order chi connectivity index (χ1) is 52.3. The van der Waals surface area contributed by atoms with Crippen LogP contribution in [0.25, 0.3) is 0 Å². The highest BCUT2D eigenvalue weighted by Gasteiger charge is 2.46. The molecular weight excluding hydrogens is 1630 g/mol. The van der Waals surface area contributed by atoms with Gasteiger partial charge in [0.2, 0.25) is 11.8 Å². The molecule has 0 saturated heterocycles. The zero-order valence-corrected chi connectivity index (χ0v) is 87.6. The minimum Gasteiger partial charge on any atom is -0.463 e. The number of carbonyl (C=O) groups excluding carboxylic acids is 8. The van der Waals surface area contributed by atoms with Crippen LogP contribution in [0.2, 0.25) is 167 Å². The van der Waals surface area contributed by atoms with Crippen LogP contribution in [0.5, 0.6) is 0 Å². The molecule has 0 aromatic rings. The van der Waals surface area contributed by atoms with E-state index >= 15 is 0 Å². The highest BCUT2D eigenvalue weighted by atomic mass is 28.5. The van der Waals surface area contributed by atoms with Gasteiger partial charge >= 0.3 is 70.1 Å². The Morgan fingerprint density at radius 2 is 0.513 bits per heavy atom. The van der Waals surface area contributed by atoms with Crippen molar-refractivity contribution in [2.45, 2.75) is 344 Å². The second-order valence-electron chi connectivity index (χ2n) is 37.1. The highest BCUT2D eigenvalue weighted by molar-refractivity contribution is 6.91. The van der Waals surface area contributed by atoms with Crippen molar-refractivity contribution in [1.29, 1.82) is 0 Å². The van der Waals surface area contributed by atoms with Crippen molar-refractivity contribution in [1.82, 2.24) is 10.6 Å². The molecule has 34 heteroatoms. The topological polar surface area (TPSA) is 290 Å². The van der Waals surface area contributed by atoms with E-state index in [1.807, 2.05) is 48.5 Å². The van der Waals surface area contributed by atoms with Gasteiger partial charge in [-0.05, 0) is 288 Å². The van der Waals surface area contributed by atoms with Crippen molar-refractivity contribution in [2.75, 3.05) is 52.9 Å². The fourth-order valence-corrected chi connectivity index (χ4v) is 60.6. The number of carbonyl (C=O) groups is 8. The average molecular weight is 1800 g/mol. The lowest BCUT2D eigenvalue weighted by atomic mass is 10.1. The monoisotopic (exact) mass is 1790 g/mol. The third-order valence-electron chi connectivity index (χ3n) is 16.5. The Morgan fingerprint density at radius 3 is 0.757 bits per heavy atom. The molecule has 115 heavy (non-hydrogen) atoms. The van der Waals surface area contributed by atoms with Gasteiger partial charge in [-0.15, -0.1) is 0 Å². The summed E-state index contributed by atoms with van der Waals surface area (Å²) >= 11 is 0. The summed E-state index contributed by atoms with van der Waals surface area (Å²) in [4.78, 5) is 93.3. The molecule has 2 amide bonds. The van der Waals surface area contributed by atoms with Crippen LogP contribution in [0.15, 0.2) is 72.9 Å². The Hall–Kier alpha value is -3.95. The molecule has 0 aliphatic carbocycles. The molecule has 0 bridgehead atoms. The molecule has 0 aliphatic rings. The van der Waals surface area contributed by atoms with Crippen LogP contribution in [0.4, 0.5) is 0 Å². The van der Waals surface area contributed by atoms with Crippen LogP contribution in [-0.4, -0.2) is 196 Å². The van der Waals surface area contributed by atoms with Crippen molar-refractivity contribution >= 4 is 132 Å². The van der Waals surface area contributed by atoms with E-state index in [2.05, 4.69) is 161 Å². The molecule has 0 saturated carbocycles. The van der Waals surface area contributed by atoms with Gasteiger partial charge < -0.3 is 72.6 Å². The molecule has 0 aliphatic heterocycles. The lowest BCUT2D eigenvalue weighted by molar-refractivity contribution is -0.139. The van der Waals surface area contributed by atoms with Crippen LogP contribution in [0, 0.1) is 0 Å². The van der Waals surface area contributed by atoms with E-state index in [0.29, 0.717) is 75.1 Å². The van der Waals surface area contributed by atoms with Crippen LogP contribution >= 0.6 is 0 Å². The minimum atomic E-state index is -2.56. The molecule has 1 unspecified atom stereocenters. The third kappa shape index (κ3) is 69.4. The Morgan fingerprint density at radius 1 is 0.287 bits per heavy atom. The molecule has 0 aromatic heterocycles. The molecular formula is C81H162N2O22Si10. The van der Waals surface area contributed by atoms with E-state index in [1.54, 1.807) is 27.7 Å². The molecule has 24 nitrogen and oxygen atoms in total. The molecule has 0 aromatic carbocycles. The number of nitrogens with one attached hydrogen (secondary N) is 2. The maximum absolute atomic E-state index is 11.9. The summed E-state index contributed by atoms with van der Waals surface area (Å²) in [6.45, 7) is 79.7. The lowest BCUT2D eigenvalue weighted by Crippen LogP contribution is -2.57. The minimum absolute atomic E-state index is 0.302. The fraction of sp³-hybridized carbons (Fsp3) is 0.753. The molecule has 0 heterocycles. The van der Waals surface area contributed by atoms with Gasteiger partial charge in [-0.3, -0.25) is 9.59 Å². The Bertz CT molecular complexity index is 3020. The summed E-state index contributed by atoms with van der Waals surface area (Å²) in [5.74, 6) is -3.00. The summed E-state index contributed by atoms with van der Waals surface area (Å²) in [7, 11) is -21.4. The zero-order valence-electron chi connectivity index (χ0n) is 77.6. The normalized spacial score (nSPS) is 13.3. The summed E-state index contributed by atoms with van der Waals surface area (Å²) < 4.78 is 84.1. The number of rotatable bonds is 58. The zero-order chi connectivity index (χ0) is 89.6. The number of unbranched alkanes of at least 4 members (excludes halogenated alkanes) is 7. The maximum Gasteiger partial charge on any atom is 0.333 e. The lowest BCUT2D eigenvalue weighted by Gasteiger charge is -2.42. The molecule has 0 spiro atoms. The molecule has 0 fully saturated rings. The SMILES string of the molecule is C=C(C)C(=O)OCCCC[Si](C)(C)O[Si](C)(C)O[Si](C)(C)CCCCOC(=O)C(=C)C.C=C(C)C(=O)OCCCC[Si](C)(C)O[Si](C)(C)O[Si](C)(CCCOCC)O[Si](C)(C)CCCCOC(=O)C(=C)C.CC(C)(C)NC(=O)/C=C/C(=O)OCCCCC[Si](C)(C)O[Si](C)(C)O[Si](C)(C)CCCCOC(=O)/C=C/C(=O)NC(C)(C)C. The quantitative estimate of drug-likeness (QED) is 0.0188. The van der Waals surface area contributed by atoms with Gasteiger partial charge in [-0.2, -0.15) is 0 Å². The first-order valence-electron chi connectivity index (χ1n) is 41.4. The second kappa shape index (κ2) is 55.9. The third-order valence-corrected chi connectivity index (χ3v) is 55.7. The molecule has 668 valence electrons. The molecule has 1 atom stereocenters. The van der Waals surface area contributed by atoms with Crippen LogP contribution in [0.3, 0.4) is 0 Å². The molecule has 2 N–H and O–H groups in total. The van der Waals surface area contributed by atoms with Crippen molar-refractivity contribution in [3.63, 3.8) is 0 Å². The Labute approximate surface area is 707 Å². The second-order valence-corrected chi connectivity index (χ2v) is 78.1. The first kappa shape index (κ1) is 115. The van der Waals surface area contributed by atoms with Gasteiger partial charge in [0.1, 0.15) is 0 Å². The summed E-state index contributed by atoms with van der Waals surface area (Å²) in [5.41, 5.74) is 0.992. The largest absolute Gasteiger partial charge is 0.463 e. The van der Waals surface area contributed by atoms with Gasteiger partial charge in [-0.1, -0.05) is 71.3 Å². The van der Waals surface area contributed by atoms with Crippen LogP contribution in [-0.2, 0) is 100 Å². The standard InChI is InChI=1S/C31H60N2O8Si3.C28H58O8Si4.C22H44O6Si3/c1-30(2,3)32-26(34)18-20-28(36)38-22-14-13-16-24-42(7,8)40-44(11,12)41-43(9,10)25-17-15-23-39-29(37)21-19-27(35)33-31(4,5)6;1-13-31-19-18-24-40(12,35-38(8,9)23-17-15-21-33-28(30)26(4)5)36-39(10,11)34-37(6,7)22-16-14-20-32-27(29)25(2)3;1-19(2)21(23)25-15-11-13-17-29(5,6)27-31(9,10)28-30(7,8)18-14-12-16-26-22(24)20(3)4/h18-21H,13-17,22-25H2,1-12H3,(H,32,34)(H,33,35);2,4,13-24H2,1,3,5-12H3;1,3,11-18H2,2,4-10H3/b20-18+,21-19+;;. The number of hydrogen-bond donors (Lipinski definition) is 2. The summed E-state index contributed by atoms with van der Waals surface area (Å²) in [6, 6.07) is 6.74. The predicted octanol–water partition coefficient (Wildman–Crippen LogP) is 19.5. The smallest absolute Gasteiger partial charge is 0.333 e. The van der Waals surface area contributed by atoms with Crippen molar-refractivity contribution < 1.29 is 100 Å². The van der Waals surface area contributed by atoms with Crippen molar-refractivity contribution in [3.05, 3.63) is 72.9 Å². The first-order valence-corrected chi connectivity index (χ1v) is 71.1. The number of esters is 6. The van der Waals surface area contributed by atoms with Crippen molar-refractivity contribution in [2.24, 2.45) is 0 Å². The summed E-state index contributed by atoms with van der Waals surface area (Å²) in [5, 5.41) is 5.51. The van der Waals surface area contributed by atoms with Gasteiger partial charge in [0.05, 0.1) is 39.6 Å². The van der Waals surface area contributed by atoms with E-state index in [9.17, 15) is 38.4 Å². The highest BCUT2D eigenvalue weighted by Crippen LogP contribution is 2.33. The van der Waals surface area contributed by atoms with Crippen molar-refractivity contribution in [3.8, 4) is 0 Å². The average Bonchev–Trinajstić information content (AvgIpc) is 0.821. The van der Waals surface area contributed by atoms with Crippen LogP contribution < -0.4 is 10.6 Å². The number of amides is 2. The predicted molar refractivity (Wildman–Crippen MR) is 490 cm³/mol. The van der Waals surface area contributed by atoms with Gasteiger partial charge in [-0.25, -0.2) is 28.8 Å². The maximum atomic E-state index is 11.9. The Balaban J connectivity index is -0.00000166.